The van der Waals surface area contributed by atoms with Gasteiger partial charge in [0.1, 0.15) is 0 Å². The Hall–Kier alpha value is -2.18. The SMILES string of the molecule is CCCCC/C=C\C/C=C\CCCCCCCCCC(=O)OCCCCCCCC/C=C\CCCCCCCCCC(=O)NC(CO)C(O)/C=C/CCCCCCCCCCCCCCCCCCCCCCCCC. The highest BCUT2D eigenvalue weighted by atomic mass is 16.5. The van der Waals surface area contributed by atoms with Gasteiger partial charge >= 0.3 is 5.97 Å². The highest BCUT2D eigenvalue weighted by Crippen LogP contribution is 2.18. The summed E-state index contributed by atoms with van der Waals surface area (Å²) in [6.45, 7) is 4.88. The van der Waals surface area contributed by atoms with Crippen LogP contribution in [0.2, 0.25) is 0 Å². The van der Waals surface area contributed by atoms with Crippen molar-refractivity contribution >= 4 is 11.9 Å². The number of carbonyl (C=O) groups excluding carboxylic acids is 2. The summed E-state index contributed by atoms with van der Waals surface area (Å²) in [5.41, 5.74) is 0. The molecule has 0 fully saturated rings. The lowest BCUT2D eigenvalue weighted by atomic mass is 10.0. The Bertz CT molecular complexity index is 1270. The van der Waals surface area contributed by atoms with Gasteiger partial charge < -0.3 is 20.3 Å². The number of aliphatic hydroxyl groups excluding tert-OH is 2. The third kappa shape index (κ3) is 61.0. The number of carbonyl (C=O) groups is 2. The van der Waals surface area contributed by atoms with E-state index in [9.17, 15) is 19.8 Å². The monoisotopic (exact) mass is 1070 g/mol. The second kappa shape index (κ2) is 65.3. The van der Waals surface area contributed by atoms with E-state index in [0.717, 1.165) is 64.2 Å². The van der Waals surface area contributed by atoms with Crippen LogP contribution in [0.25, 0.3) is 0 Å². The summed E-state index contributed by atoms with van der Waals surface area (Å²) in [6.07, 6.45) is 84.5. The number of unbranched alkanes of at least 4 members (excludes halogenated alkanes) is 46. The van der Waals surface area contributed by atoms with Crippen LogP contribution >= 0.6 is 0 Å². The van der Waals surface area contributed by atoms with Crippen LogP contribution in [0.5, 0.6) is 0 Å². The van der Waals surface area contributed by atoms with E-state index in [-0.39, 0.29) is 18.5 Å². The molecule has 2 unspecified atom stereocenters. The van der Waals surface area contributed by atoms with Gasteiger partial charge in [-0.15, -0.1) is 0 Å². The second-order valence-corrected chi connectivity index (χ2v) is 23.1. The van der Waals surface area contributed by atoms with Crippen LogP contribution in [-0.4, -0.2) is 47.4 Å². The highest BCUT2D eigenvalue weighted by Gasteiger charge is 2.18. The van der Waals surface area contributed by atoms with Crippen LogP contribution in [0.1, 0.15) is 361 Å². The van der Waals surface area contributed by atoms with Crippen LogP contribution in [0.3, 0.4) is 0 Å². The molecule has 0 radical (unpaired) electrons. The summed E-state index contributed by atoms with van der Waals surface area (Å²) in [4.78, 5) is 24.6. The van der Waals surface area contributed by atoms with Gasteiger partial charge in [-0.05, 0) is 89.9 Å². The van der Waals surface area contributed by atoms with Gasteiger partial charge in [0.2, 0.25) is 5.91 Å². The molecule has 0 spiro atoms. The van der Waals surface area contributed by atoms with Gasteiger partial charge in [-0.25, -0.2) is 0 Å². The summed E-state index contributed by atoms with van der Waals surface area (Å²) in [6, 6.07) is -0.640. The Labute approximate surface area is 474 Å². The molecule has 0 aromatic carbocycles. The third-order valence-electron chi connectivity index (χ3n) is 15.6. The molecule has 446 valence electrons. The molecule has 0 aliphatic carbocycles. The average Bonchev–Trinajstić information content (AvgIpc) is 3.42. The number of nitrogens with one attached hydrogen (secondary N) is 1. The van der Waals surface area contributed by atoms with Gasteiger partial charge in [-0.1, -0.05) is 306 Å². The van der Waals surface area contributed by atoms with Gasteiger partial charge in [-0.3, -0.25) is 9.59 Å². The Morgan fingerprint density at radius 1 is 0.368 bits per heavy atom. The Morgan fingerprint density at radius 3 is 1.04 bits per heavy atom. The molecule has 0 aliphatic heterocycles. The molecule has 0 saturated carbocycles. The predicted octanol–water partition coefficient (Wildman–Crippen LogP) is 21.7. The van der Waals surface area contributed by atoms with Crippen LogP contribution < -0.4 is 5.32 Å². The maximum atomic E-state index is 12.5. The molecule has 0 heterocycles. The van der Waals surface area contributed by atoms with Crippen LogP contribution in [-0.2, 0) is 14.3 Å². The topological polar surface area (TPSA) is 95.9 Å². The van der Waals surface area contributed by atoms with Crippen molar-refractivity contribution in [2.75, 3.05) is 13.2 Å². The smallest absolute Gasteiger partial charge is 0.305 e. The standard InChI is InChI=1S/C70H131NO5/c1-3-5-7-9-11-13-15-17-19-21-22-23-24-25-26-27-28-31-34-38-42-46-50-54-58-62-68(73)67(66-72)71-69(74)63-59-55-51-47-43-39-35-32-29-33-37-41-45-49-53-57-61-65-76-70(75)64-60-56-52-48-44-40-36-30-20-18-16-14-12-10-8-6-4-2/h12,14,18,20,29,33,58,62,67-68,72-73H,3-11,13,15-17,19,21-28,30-32,34-57,59-61,63-66H2,1-2H3,(H,71,74)/b14-12-,20-18-,33-29-,62-58+. The Morgan fingerprint density at radius 2 is 0.658 bits per heavy atom. The molecule has 0 aromatic heterocycles. The lowest BCUT2D eigenvalue weighted by Crippen LogP contribution is -2.45. The number of amides is 1. The minimum Gasteiger partial charge on any atom is -0.466 e. The minimum atomic E-state index is -0.855. The van der Waals surface area contributed by atoms with E-state index >= 15 is 0 Å². The molecule has 3 N–H and O–H groups in total. The molecule has 6 nitrogen and oxygen atoms in total. The highest BCUT2D eigenvalue weighted by molar-refractivity contribution is 5.76. The zero-order valence-corrected chi connectivity index (χ0v) is 51.0. The fourth-order valence-corrected chi connectivity index (χ4v) is 10.4. The van der Waals surface area contributed by atoms with Gasteiger partial charge in [-0.2, -0.15) is 0 Å². The Kier molecular flexibility index (Phi) is 63.5. The number of hydrogen-bond donors (Lipinski definition) is 3. The van der Waals surface area contributed by atoms with Gasteiger partial charge in [0.25, 0.3) is 0 Å². The lowest BCUT2D eigenvalue weighted by Gasteiger charge is -2.20. The van der Waals surface area contributed by atoms with Gasteiger partial charge in [0.05, 0.1) is 25.4 Å². The number of allylic oxidation sites excluding steroid dienone is 7. The van der Waals surface area contributed by atoms with Gasteiger partial charge in [0, 0.05) is 12.8 Å². The number of aliphatic hydroxyl groups is 2. The minimum absolute atomic E-state index is 0.0101. The van der Waals surface area contributed by atoms with Crippen LogP contribution in [0, 0.1) is 0 Å². The van der Waals surface area contributed by atoms with E-state index < -0.39 is 12.1 Å². The van der Waals surface area contributed by atoms with E-state index in [4.69, 9.17) is 4.74 Å². The van der Waals surface area contributed by atoms with Crippen molar-refractivity contribution < 1.29 is 24.5 Å². The van der Waals surface area contributed by atoms with Crippen molar-refractivity contribution in [3.05, 3.63) is 48.6 Å². The molecular weight excluding hydrogens is 935 g/mol. The Balaban J connectivity index is 3.48. The van der Waals surface area contributed by atoms with E-state index in [0.29, 0.717) is 19.4 Å². The van der Waals surface area contributed by atoms with Gasteiger partial charge in [0.15, 0.2) is 0 Å². The normalized spacial score (nSPS) is 12.8. The maximum absolute atomic E-state index is 12.5. The molecule has 0 aromatic rings. The van der Waals surface area contributed by atoms with Crippen molar-refractivity contribution in [3.63, 3.8) is 0 Å². The first kappa shape index (κ1) is 73.8. The average molecular weight is 1070 g/mol. The third-order valence-corrected chi connectivity index (χ3v) is 15.6. The predicted molar refractivity (Wildman–Crippen MR) is 333 cm³/mol. The molecule has 0 saturated heterocycles. The fourth-order valence-electron chi connectivity index (χ4n) is 10.4. The lowest BCUT2D eigenvalue weighted by molar-refractivity contribution is -0.143. The summed E-state index contributed by atoms with van der Waals surface area (Å²) in [5, 5.41) is 23.3. The summed E-state index contributed by atoms with van der Waals surface area (Å²) in [5.74, 6) is -0.0875. The van der Waals surface area contributed by atoms with Crippen LogP contribution in [0.4, 0.5) is 0 Å². The molecule has 6 heteroatoms. The first-order valence-corrected chi connectivity index (χ1v) is 33.9. The van der Waals surface area contributed by atoms with Crippen molar-refractivity contribution in [1.82, 2.24) is 5.32 Å². The first-order valence-electron chi connectivity index (χ1n) is 33.9. The molecular formula is C70H131NO5. The van der Waals surface area contributed by atoms with E-state index in [1.165, 1.54) is 270 Å². The zero-order chi connectivity index (χ0) is 55.0. The summed E-state index contributed by atoms with van der Waals surface area (Å²) >= 11 is 0. The molecule has 0 bridgehead atoms. The fraction of sp³-hybridized carbons (Fsp3) is 0.857. The number of ether oxygens (including phenoxy) is 1. The number of esters is 1. The van der Waals surface area contributed by atoms with E-state index in [2.05, 4.69) is 55.6 Å². The molecule has 0 rings (SSSR count). The van der Waals surface area contributed by atoms with Crippen molar-refractivity contribution in [2.45, 2.75) is 373 Å². The quantitative estimate of drug-likeness (QED) is 0.0320. The summed E-state index contributed by atoms with van der Waals surface area (Å²) < 4.78 is 5.48. The molecule has 2 atom stereocenters. The van der Waals surface area contributed by atoms with E-state index in [1.807, 2.05) is 6.08 Å². The van der Waals surface area contributed by atoms with Crippen molar-refractivity contribution in [1.29, 1.82) is 0 Å². The first-order chi connectivity index (χ1) is 37.5. The number of hydrogen-bond acceptors (Lipinski definition) is 5. The largest absolute Gasteiger partial charge is 0.466 e. The van der Waals surface area contributed by atoms with Crippen LogP contribution in [0.15, 0.2) is 48.6 Å². The molecule has 1 amide bonds. The maximum Gasteiger partial charge on any atom is 0.305 e. The zero-order valence-electron chi connectivity index (χ0n) is 51.0. The van der Waals surface area contributed by atoms with E-state index in [1.54, 1.807) is 6.08 Å². The van der Waals surface area contributed by atoms with Crippen molar-refractivity contribution in [2.24, 2.45) is 0 Å². The molecule has 76 heavy (non-hydrogen) atoms. The number of rotatable bonds is 63. The summed E-state index contributed by atoms with van der Waals surface area (Å²) in [7, 11) is 0. The second-order valence-electron chi connectivity index (χ2n) is 23.1. The van der Waals surface area contributed by atoms with Crippen molar-refractivity contribution in [3.8, 4) is 0 Å². The molecule has 0 aliphatic rings.